The summed E-state index contributed by atoms with van der Waals surface area (Å²) in [6.45, 7) is 0. The molecule has 2 aromatic heterocycles. The molecule has 4 rings (SSSR count). The van der Waals surface area contributed by atoms with Gasteiger partial charge in [-0.3, -0.25) is 9.78 Å². The van der Waals surface area contributed by atoms with E-state index >= 15 is 0 Å². The van der Waals surface area contributed by atoms with Gasteiger partial charge in [-0.05, 0) is 23.8 Å². The molecule has 0 unspecified atom stereocenters. The lowest BCUT2D eigenvalue weighted by molar-refractivity contribution is 0.112. The summed E-state index contributed by atoms with van der Waals surface area (Å²) in [4.78, 5) is 19.4. The maximum Gasteiger partial charge on any atom is 0.150 e. The number of fused-ring (bicyclic) bond motifs is 1. The maximum absolute atomic E-state index is 11.5. The van der Waals surface area contributed by atoms with Crippen LogP contribution in [0.3, 0.4) is 0 Å². The Morgan fingerprint density at radius 1 is 0.870 bits per heavy atom. The second kappa shape index (κ2) is 5.54. The Kier molecular flexibility index (Phi) is 3.24. The van der Waals surface area contributed by atoms with Crippen molar-refractivity contribution < 1.29 is 4.79 Å². The zero-order valence-corrected chi connectivity index (χ0v) is 12.4. The van der Waals surface area contributed by atoms with Gasteiger partial charge in [-0.1, -0.05) is 48.5 Å². The van der Waals surface area contributed by atoms with Crippen LogP contribution in [0.1, 0.15) is 10.4 Å². The van der Waals surface area contributed by atoms with Crippen LogP contribution in [0.25, 0.3) is 33.4 Å². The molecule has 0 fully saturated rings. The number of rotatable bonds is 3. The topological polar surface area (TPSA) is 45.8 Å². The normalized spacial score (nSPS) is 10.8. The van der Waals surface area contributed by atoms with Gasteiger partial charge in [0.2, 0.25) is 0 Å². The number of carbonyl (C=O) groups excluding carboxylic acids is 1. The molecule has 2 aromatic carbocycles. The summed E-state index contributed by atoms with van der Waals surface area (Å²) < 4.78 is 0. The molecule has 110 valence electrons. The van der Waals surface area contributed by atoms with Gasteiger partial charge in [0.25, 0.3) is 0 Å². The Labute approximate surface area is 133 Å². The third kappa shape index (κ3) is 2.23. The predicted octanol–water partition coefficient (Wildman–Crippen LogP) is 4.71. The number of pyridine rings is 1. The zero-order valence-electron chi connectivity index (χ0n) is 12.4. The highest BCUT2D eigenvalue weighted by Gasteiger charge is 2.17. The van der Waals surface area contributed by atoms with Crippen LogP contribution in [0, 0.1) is 0 Å². The van der Waals surface area contributed by atoms with E-state index < -0.39 is 0 Å². The van der Waals surface area contributed by atoms with Gasteiger partial charge >= 0.3 is 0 Å². The number of hydrogen-bond acceptors (Lipinski definition) is 2. The molecule has 1 N–H and O–H groups in total. The number of nitrogens with zero attached hydrogens (tertiary/aromatic N) is 1. The van der Waals surface area contributed by atoms with Gasteiger partial charge in [0, 0.05) is 28.2 Å². The predicted molar refractivity (Wildman–Crippen MR) is 92.4 cm³/mol. The molecular weight excluding hydrogens is 284 g/mol. The molecule has 0 aliphatic heterocycles. The average molecular weight is 298 g/mol. The van der Waals surface area contributed by atoms with Crippen molar-refractivity contribution in [3.8, 4) is 22.5 Å². The van der Waals surface area contributed by atoms with Crippen molar-refractivity contribution in [3.05, 3.63) is 78.5 Å². The lowest BCUT2D eigenvalue weighted by Gasteiger charge is -2.06. The average Bonchev–Trinajstić information content (AvgIpc) is 3.03. The van der Waals surface area contributed by atoms with Crippen molar-refractivity contribution in [2.24, 2.45) is 0 Å². The molecule has 0 bridgehead atoms. The molecule has 0 atom stereocenters. The minimum absolute atomic E-state index is 0.680. The lowest BCUT2D eigenvalue weighted by Crippen LogP contribution is -1.87. The van der Waals surface area contributed by atoms with E-state index in [0.717, 1.165) is 39.7 Å². The second-order valence-corrected chi connectivity index (χ2v) is 5.34. The highest BCUT2D eigenvalue weighted by molar-refractivity contribution is 6.10. The van der Waals surface area contributed by atoms with Crippen molar-refractivity contribution in [2.45, 2.75) is 0 Å². The molecular formula is C20H14N2O. The molecule has 0 aliphatic carbocycles. The van der Waals surface area contributed by atoms with E-state index in [-0.39, 0.29) is 0 Å². The Morgan fingerprint density at radius 3 is 2.43 bits per heavy atom. The maximum atomic E-state index is 11.5. The van der Waals surface area contributed by atoms with E-state index in [0.29, 0.717) is 5.56 Å². The first-order valence-electron chi connectivity index (χ1n) is 7.45. The van der Waals surface area contributed by atoms with Crippen LogP contribution >= 0.6 is 0 Å². The minimum atomic E-state index is 0.680. The molecule has 4 aromatic rings. The summed E-state index contributed by atoms with van der Waals surface area (Å²) in [7, 11) is 0. The Bertz CT molecular complexity index is 973. The molecule has 0 radical (unpaired) electrons. The quantitative estimate of drug-likeness (QED) is 0.557. The standard InChI is InChI=1S/C20H14N2O/c23-13-15-9-6-11-16-18(15)19(14-7-2-1-3-8-14)20(22-16)17-10-4-5-12-21-17/h1-13,22H. The fraction of sp³-hybridized carbons (Fsp3) is 0. The number of carbonyl (C=O) groups is 1. The summed E-state index contributed by atoms with van der Waals surface area (Å²) in [6, 6.07) is 21.6. The zero-order chi connectivity index (χ0) is 15.6. The Balaban J connectivity index is 2.13. The van der Waals surface area contributed by atoms with Gasteiger partial charge in [-0.2, -0.15) is 0 Å². The van der Waals surface area contributed by atoms with Crippen LogP contribution < -0.4 is 0 Å². The van der Waals surface area contributed by atoms with Crippen LogP contribution in [0.5, 0.6) is 0 Å². The summed E-state index contributed by atoms with van der Waals surface area (Å²) in [5.74, 6) is 0. The van der Waals surface area contributed by atoms with Crippen molar-refractivity contribution in [1.29, 1.82) is 0 Å². The SMILES string of the molecule is O=Cc1cccc2[nH]c(-c3ccccn3)c(-c3ccccc3)c12. The number of hydrogen-bond donors (Lipinski definition) is 1. The van der Waals surface area contributed by atoms with Crippen LogP contribution in [0.2, 0.25) is 0 Å². The van der Waals surface area contributed by atoms with Crippen LogP contribution in [-0.2, 0) is 0 Å². The molecule has 2 heterocycles. The molecule has 0 aliphatic rings. The number of H-pyrrole nitrogens is 1. The van der Waals surface area contributed by atoms with Crippen molar-refractivity contribution in [1.82, 2.24) is 9.97 Å². The van der Waals surface area contributed by atoms with Crippen LogP contribution in [0.4, 0.5) is 0 Å². The summed E-state index contributed by atoms with van der Waals surface area (Å²) in [5.41, 5.74) is 5.49. The molecule has 3 nitrogen and oxygen atoms in total. The van der Waals surface area contributed by atoms with Crippen molar-refractivity contribution in [3.63, 3.8) is 0 Å². The Hall–Kier alpha value is -3.20. The number of aromatic nitrogens is 2. The van der Waals surface area contributed by atoms with E-state index in [9.17, 15) is 4.79 Å². The van der Waals surface area contributed by atoms with Gasteiger partial charge in [0.15, 0.2) is 6.29 Å². The number of nitrogens with one attached hydrogen (secondary N) is 1. The van der Waals surface area contributed by atoms with Gasteiger partial charge in [-0.15, -0.1) is 0 Å². The third-order valence-electron chi connectivity index (χ3n) is 3.97. The van der Waals surface area contributed by atoms with Gasteiger partial charge in [-0.25, -0.2) is 0 Å². The van der Waals surface area contributed by atoms with Crippen LogP contribution in [0.15, 0.2) is 72.9 Å². The minimum Gasteiger partial charge on any atom is -0.353 e. The first kappa shape index (κ1) is 13.5. The molecule has 23 heavy (non-hydrogen) atoms. The Morgan fingerprint density at radius 2 is 1.70 bits per heavy atom. The van der Waals surface area contributed by atoms with Crippen molar-refractivity contribution >= 4 is 17.2 Å². The smallest absolute Gasteiger partial charge is 0.150 e. The number of aromatic amines is 1. The van der Waals surface area contributed by atoms with E-state index in [1.807, 2.05) is 54.6 Å². The van der Waals surface area contributed by atoms with Crippen LogP contribution in [-0.4, -0.2) is 16.3 Å². The van der Waals surface area contributed by atoms with E-state index in [1.54, 1.807) is 6.20 Å². The molecule has 0 amide bonds. The second-order valence-electron chi connectivity index (χ2n) is 5.34. The summed E-state index contributed by atoms with van der Waals surface area (Å²) in [6.07, 6.45) is 2.68. The first-order valence-corrected chi connectivity index (χ1v) is 7.45. The van der Waals surface area contributed by atoms with E-state index in [1.165, 1.54) is 0 Å². The summed E-state index contributed by atoms with van der Waals surface area (Å²) in [5, 5.41) is 0.939. The molecule has 0 spiro atoms. The monoisotopic (exact) mass is 298 g/mol. The lowest BCUT2D eigenvalue weighted by atomic mass is 9.98. The van der Waals surface area contributed by atoms with Gasteiger partial charge < -0.3 is 4.98 Å². The number of benzene rings is 2. The molecule has 3 heteroatoms. The molecule has 0 saturated carbocycles. The van der Waals surface area contributed by atoms with Crippen molar-refractivity contribution in [2.75, 3.05) is 0 Å². The van der Waals surface area contributed by atoms with Gasteiger partial charge in [0.05, 0.1) is 11.4 Å². The highest BCUT2D eigenvalue weighted by Crippen LogP contribution is 2.38. The van der Waals surface area contributed by atoms with E-state index in [2.05, 4.69) is 22.1 Å². The number of aldehydes is 1. The third-order valence-corrected chi connectivity index (χ3v) is 3.97. The van der Waals surface area contributed by atoms with E-state index in [4.69, 9.17) is 0 Å². The fourth-order valence-corrected chi connectivity index (χ4v) is 2.97. The fourth-order valence-electron chi connectivity index (χ4n) is 2.97. The van der Waals surface area contributed by atoms with Gasteiger partial charge in [0.1, 0.15) is 0 Å². The molecule has 0 saturated heterocycles. The first-order chi connectivity index (χ1) is 11.4. The highest BCUT2D eigenvalue weighted by atomic mass is 16.1. The summed E-state index contributed by atoms with van der Waals surface area (Å²) >= 11 is 0. The largest absolute Gasteiger partial charge is 0.353 e.